The number of fused-ring (bicyclic) bond motifs is 1. The van der Waals surface area contributed by atoms with Crippen LogP contribution in [0.1, 0.15) is 46.5 Å². The monoisotopic (exact) mass is 355 g/mol. The fourth-order valence-corrected chi connectivity index (χ4v) is 3.34. The van der Waals surface area contributed by atoms with Crippen LogP contribution < -0.4 is 10.6 Å². The molecule has 0 aliphatic heterocycles. The molecule has 138 valence electrons. The fourth-order valence-electron chi connectivity index (χ4n) is 3.34. The summed E-state index contributed by atoms with van der Waals surface area (Å²) < 4.78 is 7.15. The minimum Gasteiger partial charge on any atom is -0.444 e. The third-order valence-corrected chi connectivity index (χ3v) is 4.46. The van der Waals surface area contributed by atoms with Crippen LogP contribution in [0, 0.1) is 6.57 Å². The highest BCUT2D eigenvalue weighted by Crippen LogP contribution is 2.32. The van der Waals surface area contributed by atoms with Crippen molar-refractivity contribution < 1.29 is 9.53 Å². The van der Waals surface area contributed by atoms with Gasteiger partial charge in [-0.3, -0.25) is 0 Å². The maximum Gasteiger partial charge on any atom is 0.407 e. The van der Waals surface area contributed by atoms with E-state index >= 15 is 0 Å². The van der Waals surface area contributed by atoms with Crippen molar-refractivity contribution in [3.8, 4) is 0 Å². The zero-order valence-corrected chi connectivity index (χ0v) is 15.5. The topological polar surface area (TPSA) is 72.0 Å². The van der Waals surface area contributed by atoms with E-state index in [0.717, 1.165) is 36.9 Å². The lowest BCUT2D eigenvalue weighted by atomic mass is 9.90. The number of hydrogen-bond acceptors (Lipinski definition) is 4. The van der Waals surface area contributed by atoms with Crippen molar-refractivity contribution in [3.05, 3.63) is 35.9 Å². The Morgan fingerprint density at radius 2 is 2.08 bits per heavy atom. The van der Waals surface area contributed by atoms with E-state index in [1.54, 1.807) is 10.7 Å². The normalized spacial score (nSPS) is 20.4. The second-order valence-corrected chi connectivity index (χ2v) is 7.64. The first-order chi connectivity index (χ1) is 12.4. The van der Waals surface area contributed by atoms with Gasteiger partial charge in [0.25, 0.3) is 0 Å². The molecule has 2 aromatic heterocycles. The number of alkyl carbamates (subject to hydrolysis) is 1. The predicted octanol–water partition coefficient (Wildman–Crippen LogP) is 4.13. The van der Waals surface area contributed by atoms with Gasteiger partial charge in [0.05, 0.1) is 30.0 Å². The molecule has 1 fully saturated rings. The van der Waals surface area contributed by atoms with E-state index in [1.165, 1.54) is 0 Å². The van der Waals surface area contributed by atoms with Gasteiger partial charge in [0, 0.05) is 12.2 Å². The summed E-state index contributed by atoms with van der Waals surface area (Å²) in [7, 11) is 0. The Hall–Kier alpha value is -2.75. The van der Waals surface area contributed by atoms with Crippen LogP contribution in [0.25, 0.3) is 10.4 Å². The number of rotatable bonds is 3. The number of anilines is 1. The molecular weight excluding hydrogens is 330 g/mol. The molecule has 2 heterocycles. The second-order valence-electron chi connectivity index (χ2n) is 7.64. The van der Waals surface area contributed by atoms with Crippen LogP contribution in [0.4, 0.5) is 16.2 Å². The lowest BCUT2D eigenvalue weighted by molar-refractivity contribution is 0.0489. The summed E-state index contributed by atoms with van der Waals surface area (Å²) in [5.41, 5.74) is 1.59. The smallest absolute Gasteiger partial charge is 0.407 e. The summed E-state index contributed by atoms with van der Waals surface area (Å²) in [6.45, 7) is 13.0. The third-order valence-electron chi connectivity index (χ3n) is 4.46. The Bertz CT molecular complexity index is 831. The van der Waals surface area contributed by atoms with Gasteiger partial charge in [-0.05, 0) is 45.7 Å². The molecule has 2 aromatic rings. The Labute approximate surface area is 153 Å². The quantitative estimate of drug-likeness (QED) is 0.812. The number of nitrogens with zero attached hydrogens (tertiary/aromatic N) is 3. The zero-order chi connectivity index (χ0) is 18.7. The van der Waals surface area contributed by atoms with E-state index in [-0.39, 0.29) is 12.1 Å². The SMILES string of the molecule is [C-]#[N+]c1cnn2cccc2c1N[C@@H]1CCCC[C@H]1NC(=O)OC(C)(C)C. The molecule has 1 aliphatic carbocycles. The van der Waals surface area contributed by atoms with Gasteiger partial charge in [0.1, 0.15) is 5.60 Å². The summed E-state index contributed by atoms with van der Waals surface area (Å²) in [6.07, 6.45) is 6.97. The van der Waals surface area contributed by atoms with Crippen LogP contribution in [0.5, 0.6) is 0 Å². The molecule has 1 saturated carbocycles. The Morgan fingerprint density at radius 3 is 2.77 bits per heavy atom. The highest BCUT2D eigenvalue weighted by molar-refractivity contribution is 5.84. The molecule has 0 radical (unpaired) electrons. The van der Waals surface area contributed by atoms with Crippen molar-refractivity contribution in [2.75, 3.05) is 5.32 Å². The Kier molecular flexibility index (Phi) is 5.03. The van der Waals surface area contributed by atoms with Gasteiger partial charge >= 0.3 is 6.09 Å². The minimum absolute atomic E-state index is 0.0397. The molecule has 2 N–H and O–H groups in total. The number of ether oxygens (including phenoxy) is 1. The average Bonchev–Trinajstić information content (AvgIpc) is 3.04. The maximum atomic E-state index is 12.2. The summed E-state index contributed by atoms with van der Waals surface area (Å²) in [4.78, 5) is 15.8. The van der Waals surface area contributed by atoms with Gasteiger partial charge in [-0.25, -0.2) is 14.2 Å². The van der Waals surface area contributed by atoms with Crippen LogP contribution in [-0.2, 0) is 4.74 Å². The van der Waals surface area contributed by atoms with Crippen LogP contribution >= 0.6 is 0 Å². The fraction of sp³-hybridized carbons (Fsp3) is 0.526. The molecule has 0 bridgehead atoms. The van der Waals surface area contributed by atoms with Crippen molar-refractivity contribution in [3.63, 3.8) is 0 Å². The average molecular weight is 355 g/mol. The van der Waals surface area contributed by atoms with Crippen LogP contribution in [-0.4, -0.2) is 33.4 Å². The molecule has 7 heteroatoms. The summed E-state index contributed by atoms with van der Waals surface area (Å²) in [6, 6.07) is 3.83. The van der Waals surface area contributed by atoms with Crippen molar-refractivity contribution in [2.24, 2.45) is 0 Å². The number of carbonyl (C=O) groups is 1. The highest BCUT2D eigenvalue weighted by atomic mass is 16.6. The molecule has 0 aromatic carbocycles. The van der Waals surface area contributed by atoms with Gasteiger partial charge < -0.3 is 15.4 Å². The lowest BCUT2D eigenvalue weighted by Gasteiger charge is -2.34. The number of hydrogen-bond donors (Lipinski definition) is 2. The molecule has 3 rings (SSSR count). The summed E-state index contributed by atoms with van der Waals surface area (Å²) in [5, 5.41) is 10.8. The lowest BCUT2D eigenvalue weighted by Crippen LogP contribution is -2.49. The van der Waals surface area contributed by atoms with E-state index in [0.29, 0.717) is 5.69 Å². The number of nitrogens with one attached hydrogen (secondary N) is 2. The molecule has 0 spiro atoms. The van der Waals surface area contributed by atoms with E-state index in [2.05, 4.69) is 20.6 Å². The molecular formula is C19H25N5O2. The summed E-state index contributed by atoms with van der Waals surface area (Å²) in [5.74, 6) is 0. The van der Waals surface area contributed by atoms with Crippen molar-refractivity contribution >= 4 is 23.0 Å². The van der Waals surface area contributed by atoms with E-state index < -0.39 is 11.7 Å². The van der Waals surface area contributed by atoms with E-state index in [9.17, 15) is 4.79 Å². The van der Waals surface area contributed by atoms with Gasteiger partial charge in [0.15, 0.2) is 0 Å². The third kappa shape index (κ3) is 4.07. The first-order valence-corrected chi connectivity index (χ1v) is 8.97. The largest absolute Gasteiger partial charge is 0.444 e. The van der Waals surface area contributed by atoms with Crippen molar-refractivity contribution in [2.45, 2.75) is 64.1 Å². The number of carbonyl (C=O) groups excluding carboxylic acids is 1. The van der Waals surface area contributed by atoms with E-state index in [1.807, 2.05) is 39.1 Å². The molecule has 1 aliphatic rings. The van der Waals surface area contributed by atoms with Crippen molar-refractivity contribution in [1.29, 1.82) is 0 Å². The maximum absolute atomic E-state index is 12.2. The first kappa shape index (κ1) is 18.1. The molecule has 0 unspecified atom stereocenters. The van der Waals surface area contributed by atoms with Crippen LogP contribution in [0.15, 0.2) is 24.5 Å². The highest BCUT2D eigenvalue weighted by Gasteiger charge is 2.29. The molecule has 26 heavy (non-hydrogen) atoms. The zero-order valence-electron chi connectivity index (χ0n) is 15.5. The molecule has 7 nitrogen and oxygen atoms in total. The van der Waals surface area contributed by atoms with Crippen LogP contribution in [0.3, 0.4) is 0 Å². The van der Waals surface area contributed by atoms with Gasteiger partial charge in [-0.1, -0.05) is 12.8 Å². The van der Waals surface area contributed by atoms with Crippen LogP contribution in [0.2, 0.25) is 0 Å². The Morgan fingerprint density at radius 1 is 1.35 bits per heavy atom. The molecule has 1 amide bonds. The minimum atomic E-state index is -0.526. The van der Waals surface area contributed by atoms with Crippen molar-refractivity contribution in [1.82, 2.24) is 14.9 Å². The predicted molar refractivity (Wildman–Crippen MR) is 100 cm³/mol. The standard InChI is InChI=1S/C19H25N5O2/c1-19(2,3)26-18(25)23-14-9-6-5-8-13(14)22-17-15(20-4)12-21-24-11-7-10-16(17)24/h7,10-14,22H,5-6,8-9H2,1-3H3,(H,23,25)/t13-,14-/m1/s1. The van der Waals surface area contributed by atoms with Gasteiger partial charge in [-0.2, -0.15) is 5.10 Å². The second kappa shape index (κ2) is 7.24. The molecule has 0 saturated heterocycles. The Balaban J connectivity index is 1.80. The first-order valence-electron chi connectivity index (χ1n) is 8.97. The van der Waals surface area contributed by atoms with E-state index in [4.69, 9.17) is 11.3 Å². The van der Waals surface area contributed by atoms with Gasteiger partial charge in [0.2, 0.25) is 5.69 Å². The summed E-state index contributed by atoms with van der Waals surface area (Å²) >= 11 is 0. The number of aromatic nitrogens is 2. The molecule has 2 atom stereocenters. The number of amides is 1. The van der Waals surface area contributed by atoms with Gasteiger partial charge in [-0.15, -0.1) is 0 Å².